The molecule has 0 bridgehead atoms. The lowest BCUT2D eigenvalue weighted by atomic mass is 10.2. The van der Waals surface area contributed by atoms with Crippen LogP contribution in [0.3, 0.4) is 0 Å². The van der Waals surface area contributed by atoms with Crippen molar-refractivity contribution in [3.8, 4) is 0 Å². The molecule has 0 unspecified atom stereocenters. The van der Waals surface area contributed by atoms with Gasteiger partial charge in [-0.3, -0.25) is 4.79 Å². The second-order valence-electron chi connectivity index (χ2n) is 5.31. The number of rotatable bonds is 2. The SMILES string of the molecule is CC(=O)O[C@@H]1CN(C(=O)OC(C)(C)C)C[C@H]1N=[N+]=[N-]. The van der Waals surface area contributed by atoms with Crippen LogP contribution in [0, 0.1) is 0 Å². The first-order valence-corrected chi connectivity index (χ1v) is 5.92. The Kier molecular flexibility index (Phi) is 4.61. The van der Waals surface area contributed by atoms with Crippen LogP contribution in [0.15, 0.2) is 5.11 Å². The molecule has 1 aliphatic rings. The molecule has 0 N–H and O–H groups in total. The lowest BCUT2D eigenvalue weighted by molar-refractivity contribution is -0.146. The van der Waals surface area contributed by atoms with Gasteiger partial charge in [-0.05, 0) is 26.3 Å². The summed E-state index contributed by atoms with van der Waals surface area (Å²) in [7, 11) is 0. The Morgan fingerprint density at radius 2 is 2.00 bits per heavy atom. The minimum absolute atomic E-state index is 0.165. The van der Waals surface area contributed by atoms with E-state index in [2.05, 4.69) is 10.0 Å². The summed E-state index contributed by atoms with van der Waals surface area (Å²) in [6.45, 7) is 6.89. The molecule has 0 aromatic carbocycles. The van der Waals surface area contributed by atoms with Crippen LogP contribution in [0.5, 0.6) is 0 Å². The van der Waals surface area contributed by atoms with Gasteiger partial charge in [0.2, 0.25) is 0 Å². The second-order valence-corrected chi connectivity index (χ2v) is 5.31. The molecule has 0 saturated carbocycles. The number of likely N-dealkylation sites (tertiary alicyclic amines) is 1. The van der Waals surface area contributed by atoms with Crippen molar-refractivity contribution >= 4 is 12.1 Å². The Bertz CT molecular complexity index is 411. The number of azide groups is 1. The largest absolute Gasteiger partial charge is 0.460 e. The van der Waals surface area contributed by atoms with Crippen molar-refractivity contribution in [2.24, 2.45) is 5.11 Å². The fourth-order valence-corrected chi connectivity index (χ4v) is 1.74. The number of carbonyl (C=O) groups is 2. The van der Waals surface area contributed by atoms with Crippen molar-refractivity contribution in [1.82, 2.24) is 4.90 Å². The second kappa shape index (κ2) is 5.79. The third kappa shape index (κ3) is 4.67. The van der Waals surface area contributed by atoms with Gasteiger partial charge in [-0.25, -0.2) is 4.79 Å². The molecule has 0 radical (unpaired) electrons. The summed E-state index contributed by atoms with van der Waals surface area (Å²) < 4.78 is 10.2. The van der Waals surface area contributed by atoms with Crippen LogP contribution >= 0.6 is 0 Å². The topological polar surface area (TPSA) is 105 Å². The van der Waals surface area contributed by atoms with Gasteiger partial charge in [-0.15, -0.1) is 0 Å². The zero-order valence-corrected chi connectivity index (χ0v) is 11.5. The highest BCUT2D eigenvalue weighted by Crippen LogP contribution is 2.20. The number of amides is 1. The van der Waals surface area contributed by atoms with Crippen LogP contribution in [0.4, 0.5) is 4.79 Å². The molecule has 0 aromatic heterocycles. The van der Waals surface area contributed by atoms with Crippen LogP contribution < -0.4 is 0 Å². The highest BCUT2D eigenvalue weighted by atomic mass is 16.6. The van der Waals surface area contributed by atoms with Gasteiger partial charge in [0.1, 0.15) is 11.7 Å². The maximum absolute atomic E-state index is 11.9. The molecule has 2 atom stereocenters. The molecule has 0 spiro atoms. The summed E-state index contributed by atoms with van der Waals surface area (Å²) >= 11 is 0. The molecule has 1 amide bonds. The molecule has 106 valence electrons. The number of hydrogen-bond donors (Lipinski definition) is 0. The molecule has 1 heterocycles. The predicted molar refractivity (Wildman–Crippen MR) is 66.3 cm³/mol. The van der Waals surface area contributed by atoms with Gasteiger partial charge in [0.05, 0.1) is 12.6 Å². The third-order valence-corrected chi connectivity index (χ3v) is 2.41. The summed E-state index contributed by atoms with van der Waals surface area (Å²) in [5.74, 6) is -0.478. The molecule has 0 aromatic rings. The molecule has 8 heteroatoms. The standard InChI is InChI=1S/C11H18N4O4/c1-7(16)18-9-6-15(5-8(9)13-14-12)10(17)19-11(2,3)4/h8-9H,5-6H2,1-4H3/t8-,9-/m1/s1. The molecular weight excluding hydrogens is 252 g/mol. The summed E-state index contributed by atoms with van der Waals surface area (Å²) in [4.78, 5) is 26.9. The lowest BCUT2D eigenvalue weighted by Crippen LogP contribution is -2.36. The first-order chi connectivity index (χ1) is 8.73. The van der Waals surface area contributed by atoms with E-state index in [0.717, 1.165) is 0 Å². The monoisotopic (exact) mass is 270 g/mol. The highest BCUT2D eigenvalue weighted by Gasteiger charge is 2.38. The zero-order valence-electron chi connectivity index (χ0n) is 11.5. The van der Waals surface area contributed by atoms with Crippen LogP contribution in [0.1, 0.15) is 27.7 Å². The zero-order chi connectivity index (χ0) is 14.6. The number of esters is 1. The Morgan fingerprint density at radius 1 is 1.37 bits per heavy atom. The molecule has 0 aliphatic carbocycles. The van der Waals surface area contributed by atoms with E-state index < -0.39 is 29.8 Å². The first kappa shape index (κ1) is 15.1. The van der Waals surface area contributed by atoms with Crippen molar-refractivity contribution < 1.29 is 19.1 Å². The van der Waals surface area contributed by atoms with E-state index in [1.807, 2.05) is 0 Å². The number of ether oxygens (including phenoxy) is 2. The maximum Gasteiger partial charge on any atom is 0.410 e. The Labute approximate surface area is 111 Å². The molecule has 8 nitrogen and oxygen atoms in total. The Balaban J connectivity index is 2.71. The molecule has 1 saturated heterocycles. The van der Waals surface area contributed by atoms with Gasteiger partial charge in [-0.1, -0.05) is 5.11 Å². The minimum Gasteiger partial charge on any atom is -0.460 e. The van der Waals surface area contributed by atoms with Crippen molar-refractivity contribution in [3.63, 3.8) is 0 Å². The number of hydrogen-bond acceptors (Lipinski definition) is 5. The van der Waals surface area contributed by atoms with Crippen molar-refractivity contribution in [3.05, 3.63) is 10.4 Å². The summed E-state index contributed by atoms with van der Waals surface area (Å²) in [6.07, 6.45) is -1.14. The maximum atomic E-state index is 11.9. The van der Waals surface area contributed by atoms with Crippen LogP contribution in [-0.4, -0.2) is 47.8 Å². The Hall–Kier alpha value is -1.95. The fraction of sp³-hybridized carbons (Fsp3) is 0.818. The summed E-state index contributed by atoms with van der Waals surface area (Å²) in [5, 5.41) is 3.54. The van der Waals surface area contributed by atoms with E-state index in [9.17, 15) is 9.59 Å². The van der Waals surface area contributed by atoms with Gasteiger partial charge >= 0.3 is 12.1 Å². The van der Waals surface area contributed by atoms with Crippen molar-refractivity contribution in [2.75, 3.05) is 13.1 Å². The minimum atomic E-state index is -0.624. The van der Waals surface area contributed by atoms with Gasteiger partial charge in [-0.2, -0.15) is 0 Å². The smallest absolute Gasteiger partial charge is 0.410 e. The third-order valence-electron chi connectivity index (χ3n) is 2.41. The van der Waals surface area contributed by atoms with Gasteiger partial charge < -0.3 is 14.4 Å². The lowest BCUT2D eigenvalue weighted by Gasteiger charge is -2.24. The summed E-state index contributed by atoms with van der Waals surface area (Å²) in [6, 6.07) is -0.582. The van der Waals surface area contributed by atoms with E-state index in [1.165, 1.54) is 11.8 Å². The highest BCUT2D eigenvalue weighted by molar-refractivity contribution is 5.69. The van der Waals surface area contributed by atoms with E-state index in [4.69, 9.17) is 15.0 Å². The van der Waals surface area contributed by atoms with E-state index in [-0.39, 0.29) is 13.1 Å². The van der Waals surface area contributed by atoms with Gasteiger partial charge in [0, 0.05) is 18.4 Å². The van der Waals surface area contributed by atoms with E-state index >= 15 is 0 Å². The molecule has 1 aliphatic heterocycles. The summed E-state index contributed by atoms with van der Waals surface area (Å²) in [5.41, 5.74) is 7.87. The van der Waals surface area contributed by atoms with E-state index in [0.29, 0.717) is 0 Å². The molecule has 1 fully saturated rings. The fourth-order valence-electron chi connectivity index (χ4n) is 1.74. The molecular formula is C11H18N4O4. The van der Waals surface area contributed by atoms with Crippen LogP contribution in [0.2, 0.25) is 0 Å². The number of carbonyl (C=O) groups excluding carboxylic acids is 2. The van der Waals surface area contributed by atoms with Crippen LogP contribution in [-0.2, 0) is 14.3 Å². The predicted octanol–water partition coefficient (Wildman–Crippen LogP) is 1.85. The molecule has 19 heavy (non-hydrogen) atoms. The quantitative estimate of drug-likeness (QED) is 0.330. The molecule has 1 rings (SSSR count). The van der Waals surface area contributed by atoms with Gasteiger partial charge in [0.25, 0.3) is 0 Å². The normalized spacial score (nSPS) is 22.6. The Morgan fingerprint density at radius 3 is 2.47 bits per heavy atom. The van der Waals surface area contributed by atoms with Crippen molar-refractivity contribution in [2.45, 2.75) is 45.4 Å². The van der Waals surface area contributed by atoms with Gasteiger partial charge in [0.15, 0.2) is 0 Å². The van der Waals surface area contributed by atoms with E-state index in [1.54, 1.807) is 20.8 Å². The first-order valence-electron chi connectivity index (χ1n) is 5.92. The van der Waals surface area contributed by atoms with Crippen molar-refractivity contribution in [1.29, 1.82) is 0 Å². The average Bonchev–Trinajstić information content (AvgIpc) is 2.59. The number of nitrogens with zero attached hydrogens (tertiary/aromatic N) is 4. The van der Waals surface area contributed by atoms with Crippen LogP contribution in [0.25, 0.3) is 10.4 Å². The average molecular weight is 270 g/mol.